The number of tetrazole rings is 1. The fourth-order valence-electron chi connectivity index (χ4n) is 3.35. The van der Waals surface area contributed by atoms with Crippen molar-refractivity contribution < 1.29 is 0 Å². The van der Waals surface area contributed by atoms with Crippen molar-refractivity contribution in [2.75, 3.05) is 0 Å². The molecule has 1 N–H and O–H groups in total. The average Bonchev–Trinajstić information content (AvgIpc) is 3.34. The Labute approximate surface area is 172 Å². The lowest BCUT2D eigenvalue weighted by atomic mass is 10.2. The maximum atomic E-state index is 13.2. The molecule has 4 aromatic rings. The van der Waals surface area contributed by atoms with Gasteiger partial charge in [0.15, 0.2) is 5.82 Å². The number of halogens is 1. The molecule has 0 atom stereocenters. The van der Waals surface area contributed by atoms with Crippen LogP contribution in [0.4, 0.5) is 0 Å². The van der Waals surface area contributed by atoms with E-state index in [1.165, 1.54) is 0 Å². The maximum Gasteiger partial charge on any atom is 0.333 e. The van der Waals surface area contributed by atoms with Gasteiger partial charge in [0.25, 0.3) is 0 Å². The minimum atomic E-state index is -0.117. The third-order valence-corrected chi connectivity index (χ3v) is 5.06. The molecule has 0 fully saturated rings. The molecular weight excluding hydrogens is 390 g/mol. The van der Waals surface area contributed by atoms with Crippen LogP contribution < -0.4 is 5.69 Å². The van der Waals surface area contributed by atoms with Crippen LogP contribution in [0.2, 0.25) is 5.02 Å². The van der Waals surface area contributed by atoms with Gasteiger partial charge < -0.3 is 0 Å². The first-order valence-corrected chi connectivity index (χ1v) is 9.72. The smallest absolute Gasteiger partial charge is 0.292 e. The van der Waals surface area contributed by atoms with E-state index in [1.54, 1.807) is 21.4 Å². The molecular formula is C20H20ClN7O. The number of hydrogen-bond donors (Lipinski definition) is 1. The van der Waals surface area contributed by atoms with Gasteiger partial charge in [-0.15, -0.1) is 5.10 Å². The van der Waals surface area contributed by atoms with E-state index in [9.17, 15) is 4.79 Å². The Morgan fingerprint density at radius 3 is 2.72 bits per heavy atom. The summed E-state index contributed by atoms with van der Waals surface area (Å²) in [7, 11) is 0. The third kappa shape index (κ3) is 3.71. The van der Waals surface area contributed by atoms with Gasteiger partial charge in [0.1, 0.15) is 5.69 Å². The van der Waals surface area contributed by atoms with Gasteiger partial charge in [0.2, 0.25) is 0 Å². The van der Waals surface area contributed by atoms with Gasteiger partial charge in [-0.1, -0.05) is 43.1 Å². The van der Waals surface area contributed by atoms with Crippen molar-refractivity contribution in [1.82, 2.24) is 34.7 Å². The second-order valence-corrected chi connectivity index (χ2v) is 7.22. The Bertz CT molecular complexity index is 1160. The second kappa shape index (κ2) is 8.00. The molecule has 3 heterocycles. The molecule has 9 heteroatoms. The van der Waals surface area contributed by atoms with Crippen molar-refractivity contribution in [2.24, 2.45) is 0 Å². The van der Waals surface area contributed by atoms with Crippen LogP contribution in [0.3, 0.4) is 0 Å². The fourth-order valence-corrected chi connectivity index (χ4v) is 3.66. The van der Waals surface area contributed by atoms with Gasteiger partial charge in [-0.25, -0.2) is 9.89 Å². The molecule has 0 radical (unpaired) electrons. The lowest BCUT2D eigenvalue weighted by Crippen LogP contribution is -2.25. The first-order valence-electron chi connectivity index (χ1n) is 9.34. The summed E-state index contributed by atoms with van der Waals surface area (Å²) in [6, 6.07) is 9.38. The van der Waals surface area contributed by atoms with E-state index >= 15 is 0 Å². The number of nitrogens with one attached hydrogen (secondary N) is 1. The Morgan fingerprint density at radius 2 is 2.07 bits per heavy atom. The number of nitrogens with zero attached hydrogens (tertiary/aromatic N) is 6. The molecule has 148 valence electrons. The summed E-state index contributed by atoms with van der Waals surface area (Å²) in [6.07, 6.45) is 5.35. The maximum absolute atomic E-state index is 13.2. The van der Waals surface area contributed by atoms with E-state index in [1.807, 2.05) is 37.4 Å². The first-order chi connectivity index (χ1) is 14.1. The van der Waals surface area contributed by atoms with E-state index in [4.69, 9.17) is 11.6 Å². The molecule has 0 bridgehead atoms. The Kier molecular flexibility index (Phi) is 5.26. The lowest BCUT2D eigenvalue weighted by Gasteiger charge is -2.08. The molecule has 0 saturated heterocycles. The number of H-pyrrole nitrogens is 1. The minimum absolute atomic E-state index is 0.117. The highest BCUT2D eigenvalue weighted by molar-refractivity contribution is 6.32. The van der Waals surface area contributed by atoms with Gasteiger partial charge in [0.05, 0.1) is 17.3 Å². The highest BCUT2D eigenvalue weighted by Gasteiger charge is 2.16. The zero-order valence-corrected chi connectivity index (χ0v) is 16.9. The number of imidazole rings is 1. The van der Waals surface area contributed by atoms with Crippen molar-refractivity contribution in [2.45, 2.75) is 33.2 Å². The van der Waals surface area contributed by atoms with Crippen molar-refractivity contribution in [3.05, 3.63) is 75.1 Å². The summed E-state index contributed by atoms with van der Waals surface area (Å²) in [5.74, 6) is 0.501. The second-order valence-electron chi connectivity index (χ2n) is 6.82. The van der Waals surface area contributed by atoms with E-state index in [0.717, 1.165) is 35.3 Å². The number of aromatic nitrogens is 7. The van der Waals surface area contributed by atoms with Gasteiger partial charge in [-0.05, 0) is 47.0 Å². The molecule has 0 aliphatic heterocycles. The van der Waals surface area contributed by atoms with Crippen molar-refractivity contribution in [1.29, 1.82) is 0 Å². The molecule has 0 amide bonds. The van der Waals surface area contributed by atoms with Crippen LogP contribution in [0.25, 0.3) is 17.2 Å². The molecule has 4 rings (SSSR count). The average molecular weight is 410 g/mol. The number of rotatable bonds is 6. The largest absolute Gasteiger partial charge is 0.333 e. The van der Waals surface area contributed by atoms with Crippen LogP contribution in [0.1, 0.15) is 30.2 Å². The van der Waals surface area contributed by atoms with Crippen LogP contribution in [0, 0.1) is 6.92 Å². The van der Waals surface area contributed by atoms with Gasteiger partial charge in [-0.2, -0.15) is 0 Å². The summed E-state index contributed by atoms with van der Waals surface area (Å²) in [5, 5.41) is 14.2. The van der Waals surface area contributed by atoms with Crippen molar-refractivity contribution in [3.8, 4) is 17.2 Å². The van der Waals surface area contributed by atoms with Crippen molar-refractivity contribution >= 4 is 11.6 Å². The molecule has 1 aromatic carbocycles. The standard InChI is InChI=1S/C20H20ClN7O/c1-3-5-15-12-28(18-13(2)6-4-7-16(18)21)20(29)27(15)11-14-8-9-17(22-10-14)19-23-25-26-24-19/h4,6-10,12H,3,5,11H2,1-2H3,(H,23,24,25,26). The number of benzene rings is 1. The van der Waals surface area contributed by atoms with Crippen LogP contribution in [-0.4, -0.2) is 34.7 Å². The summed E-state index contributed by atoms with van der Waals surface area (Å²) in [4.78, 5) is 17.6. The van der Waals surface area contributed by atoms with Crippen LogP contribution >= 0.6 is 11.6 Å². The highest BCUT2D eigenvalue weighted by Crippen LogP contribution is 2.23. The Morgan fingerprint density at radius 1 is 1.21 bits per heavy atom. The number of para-hydroxylation sites is 1. The number of aryl methyl sites for hydroxylation is 2. The zero-order chi connectivity index (χ0) is 20.4. The SMILES string of the molecule is CCCc1cn(-c2c(C)cccc2Cl)c(=O)n1Cc1ccc(-c2nnn[nH]2)nc1. The number of hydrogen-bond acceptors (Lipinski definition) is 5. The lowest BCUT2D eigenvalue weighted by molar-refractivity contribution is 0.689. The molecule has 0 aliphatic carbocycles. The van der Waals surface area contributed by atoms with Gasteiger partial charge >= 0.3 is 5.69 Å². The highest BCUT2D eigenvalue weighted by atomic mass is 35.5. The van der Waals surface area contributed by atoms with Crippen LogP contribution in [-0.2, 0) is 13.0 Å². The summed E-state index contributed by atoms with van der Waals surface area (Å²) in [5.41, 5.74) is 4.07. The van der Waals surface area contributed by atoms with Crippen LogP contribution in [0.5, 0.6) is 0 Å². The first kappa shape index (κ1) is 19.1. The molecule has 29 heavy (non-hydrogen) atoms. The fraction of sp³-hybridized carbons (Fsp3) is 0.250. The summed E-state index contributed by atoms with van der Waals surface area (Å²) < 4.78 is 3.42. The Balaban J connectivity index is 1.72. The third-order valence-electron chi connectivity index (χ3n) is 4.75. The molecule has 0 saturated carbocycles. The van der Waals surface area contributed by atoms with Gasteiger partial charge in [0, 0.05) is 18.1 Å². The quantitative estimate of drug-likeness (QED) is 0.527. The monoisotopic (exact) mass is 409 g/mol. The predicted octanol–water partition coefficient (Wildman–Crippen LogP) is 3.18. The number of aromatic amines is 1. The van der Waals surface area contributed by atoms with E-state index in [2.05, 4.69) is 32.5 Å². The van der Waals surface area contributed by atoms with E-state index < -0.39 is 0 Å². The predicted molar refractivity (Wildman–Crippen MR) is 110 cm³/mol. The van der Waals surface area contributed by atoms with Crippen LogP contribution in [0.15, 0.2) is 47.5 Å². The molecule has 0 aliphatic rings. The summed E-state index contributed by atoms with van der Waals surface area (Å²) in [6.45, 7) is 4.47. The summed E-state index contributed by atoms with van der Waals surface area (Å²) >= 11 is 6.40. The van der Waals surface area contributed by atoms with E-state index in [-0.39, 0.29) is 5.69 Å². The Hall–Kier alpha value is -3.26. The topological polar surface area (TPSA) is 94.3 Å². The van der Waals surface area contributed by atoms with E-state index in [0.29, 0.717) is 23.1 Å². The molecule has 8 nitrogen and oxygen atoms in total. The van der Waals surface area contributed by atoms with Gasteiger partial charge in [-0.3, -0.25) is 14.1 Å². The molecule has 0 spiro atoms. The van der Waals surface area contributed by atoms with Crippen molar-refractivity contribution in [3.63, 3.8) is 0 Å². The minimum Gasteiger partial charge on any atom is -0.292 e. The normalized spacial score (nSPS) is 11.1. The molecule has 0 unspecified atom stereocenters. The number of pyridine rings is 1. The zero-order valence-electron chi connectivity index (χ0n) is 16.1. The molecule has 3 aromatic heterocycles.